The van der Waals surface area contributed by atoms with E-state index >= 15 is 0 Å². The Hall–Kier alpha value is -2.99. The Morgan fingerprint density at radius 2 is 1.62 bits per heavy atom. The van der Waals surface area contributed by atoms with E-state index in [1.54, 1.807) is 44.2 Å². The molecule has 0 aliphatic heterocycles. The molecule has 0 heterocycles. The van der Waals surface area contributed by atoms with Gasteiger partial charge < -0.3 is 14.6 Å². The van der Waals surface area contributed by atoms with Gasteiger partial charge >= 0.3 is 11.9 Å². The normalized spacial score (nSPS) is 13.6. The van der Waals surface area contributed by atoms with Gasteiger partial charge in [-0.3, -0.25) is 14.4 Å². The molecule has 0 radical (unpaired) electrons. The summed E-state index contributed by atoms with van der Waals surface area (Å²) in [7, 11) is 0. The number of ketones is 1. The average molecular weight is 441 g/mol. The van der Waals surface area contributed by atoms with Crippen molar-refractivity contribution in [3.63, 3.8) is 0 Å². The lowest BCUT2D eigenvalue weighted by molar-refractivity contribution is -0.151. The number of benzene rings is 2. The molecule has 0 spiro atoms. The summed E-state index contributed by atoms with van der Waals surface area (Å²) < 4.78 is 10.2. The summed E-state index contributed by atoms with van der Waals surface area (Å²) in [4.78, 5) is 35.9. The van der Waals surface area contributed by atoms with Gasteiger partial charge in [-0.2, -0.15) is 0 Å². The van der Waals surface area contributed by atoms with Crippen LogP contribution in [0.5, 0.6) is 0 Å². The first-order chi connectivity index (χ1) is 15.3. The van der Waals surface area contributed by atoms with Gasteiger partial charge in [-0.05, 0) is 43.7 Å². The SMILES string of the molecule is CCOC(=O)C(C)C(O)c1cccc([C@H](C)CCCOC(=O)CC(=O)c2ccccc2)c1. The molecule has 172 valence electrons. The summed E-state index contributed by atoms with van der Waals surface area (Å²) in [6.45, 7) is 5.96. The Bertz CT molecular complexity index is 892. The van der Waals surface area contributed by atoms with E-state index in [1.165, 1.54) is 0 Å². The minimum atomic E-state index is -0.940. The number of carbonyl (C=O) groups excluding carboxylic acids is 3. The van der Waals surface area contributed by atoms with E-state index in [0.29, 0.717) is 17.5 Å². The van der Waals surface area contributed by atoms with Crippen molar-refractivity contribution in [3.05, 3.63) is 71.3 Å². The fourth-order valence-electron chi connectivity index (χ4n) is 3.39. The molecular formula is C26H32O6. The van der Waals surface area contributed by atoms with Crippen molar-refractivity contribution in [1.29, 1.82) is 0 Å². The van der Waals surface area contributed by atoms with E-state index < -0.39 is 24.0 Å². The molecule has 1 N–H and O–H groups in total. The first-order valence-corrected chi connectivity index (χ1v) is 11.0. The number of Topliss-reactive ketones (excluding diaryl/α,β-unsaturated/α-hetero) is 1. The largest absolute Gasteiger partial charge is 0.466 e. The lowest BCUT2D eigenvalue weighted by Crippen LogP contribution is -2.21. The Kier molecular flexibility index (Phi) is 10.1. The molecular weight excluding hydrogens is 408 g/mol. The molecule has 2 aromatic rings. The molecule has 0 aliphatic carbocycles. The third-order valence-electron chi connectivity index (χ3n) is 5.40. The molecule has 0 saturated carbocycles. The van der Waals surface area contributed by atoms with Crippen LogP contribution in [-0.2, 0) is 19.1 Å². The molecule has 2 rings (SSSR count). The van der Waals surface area contributed by atoms with Crippen molar-refractivity contribution in [2.45, 2.75) is 52.1 Å². The molecule has 0 aliphatic rings. The molecule has 6 heteroatoms. The van der Waals surface area contributed by atoms with Crippen molar-refractivity contribution in [1.82, 2.24) is 0 Å². The summed E-state index contributed by atoms with van der Waals surface area (Å²) in [6.07, 6.45) is 0.216. The Morgan fingerprint density at radius 1 is 0.938 bits per heavy atom. The number of aliphatic hydroxyl groups excluding tert-OH is 1. The molecule has 0 aromatic heterocycles. The van der Waals surface area contributed by atoms with E-state index in [-0.39, 0.29) is 31.3 Å². The number of aliphatic hydroxyl groups is 1. The Labute approximate surface area is 189 Å². The van der Waals surface area contributed by atoms with Crippen LogP contribution in [0, 0.1) is 5.92 Å². The van der Waals surface area contributed by atoms with Crippen molar-refractivity contribution in [2.24, 2.45) is 5.92 Å². The fourth-order valence-corrected chi connectivity index (χ4v) is 3.39. The van der Waals surface area contributed by atoms with Crippen LogP contribution in [0.1, 0.15) is 73.5 Å². The maximum Gasteiger partial charge on any atom is 0.313 e. The van der Waals surface area contributed by atoms with E-state index in [4.69, 9.17) is 9.47 Å². The van der Waals surface area contributed by atoms with Gasteiger partial charge in [0, 0.05) is 5.56 Å². The lowest BCUT2D eigenvalue weighted by Gasteiger charge is -2.20. The standard InChI is InChI=1S/C26H32O6/c1-4-31-26(30)19(3)25(29)22-14-8-13-21(16-22)18(2)10-9-15-32-24(28)17-23(27)20-11-6-5-7-12-20/h5-8,11-14,16,18-19,25,29H,4,9-10,15,17H2,1-3H3/t18-,19?,25?/m1/s1. The Morgan fingerprint density at radius 3 is 2.31 bits per heavy atom. The number of hydrogen-bond acceptors (Lipinski definition) is 6. The van der Waals surface area contributed by atoms with Gasteiger partial charge in [0.05, 0.1) is 25.2 Å². The van der Waals surface area contributed by atoms with E-state index in [0.717, 1.165) is 12.0 Å². The zero-order chi connectivity index (χ0) is 23.5. The van der Waals surface area contributed by atoms with Crippen molar-refractivity contribution >= 4 is 17.7 Å². The highest BCUT2D eigenvalue weighted by atomic mass is 16.5. The maximum absolute atomic E-state index is 12.0. The van der Waals surface area contributed by atoms with E-state index in [1.807, 2.05) is 24.3 Å². The molecule has 6 nitrogen and oxygen atoms in total. The smallest absolute Gasteiger partial charge is 0.313 e. The zero-order valence-corrected chi connectivity index (χ0v) is 19.0. The lowest BCUT2D eigenvalue weighted by atomic mass is 9.91. The molecule has 0 fully saturated rings. The fraction of sp³-hybridized carbons (Fsp3) is 0.423. The summed E-state index contributed by atoms with van der Waals surface area (Å²) in [5.41, 5.74) is 2.20. The number of carbonyl (C=O) groups is 3. The van der Waals surface area contributed by atoms with Crippen LogP contribution in [0.25, 0.3) is 0 Å². The number of rotatable bonds is 12. The quantitative estimate of drug-likeness (QED) is 0.224. The van der Waals surface area contributed by atoms with Crippen LogP contribution in [-0.4, -0.2) is 36.0 Å². The third-order valence-corrected chi connectivity index (χ3v) is 5.40. The highest BCUT2D eigenvalue weighted by Crippen LogP contribution is 2.27. The van der Waals surface area contributed by atoms with Gasteiger partial charge in [0.1, 0.15) is 6.42 Å². The topological polar surface area (TPSA) is 89.9 Å². The molecule has 3 atom stereocenters. The monoisotopic (exact) mass is 440 g/mol. The summed E-state index contributed by atoms with van der Waals surface area (Å²) in [5.74, 6) is -1.69. The predicted octanol–water partition coefficient (Wildman–Crippen LogP) is 4.62. The first-order valence-electron chi connectivity index (χ1n) is 11.0. The number of ether oxygens (including phenoxy) is 2. The Balaban J connectivity index is 1.80. The van der Waals surface area contributed by atoms with Crippen molar-refractivity contribution < 1.29 is 29.0 Å². The highest BCUT2D eigenvalue weighted by Gasteiger charge is 2.25. The van der Waals surface area contributed by atoms with Gasteiger partial charge in [0.15, 0.2) is 5.78 Å². The van der Waals surface area contributed by atoms with E-state index in [2.05, 4.69) is 6.92 Å². The first kappa shape index (κ1) is 25.3. The highest BCUT2D eigenvalue weighted by molar-refractivity contribution is 6.05. The number of esters is 2. The maximum atomic E-state index is 12.0. The minimum absolute atomic E-state index is 0.171. The predicted molar refractivity (Wildman–Crippen MR) is 121 cm³/mol. The number of hydrogen-bond donors (Lipinski definition) is 1. The summed E-state index contributed by atoms with van der Waals surface area (Å²) in [5, 5.41) is 10.5. The second kappa shape index (κ2) is 12.8. The summed E-state index contributed by atoms with van der Waals surface area (Å²) >= 11 is 0. The molecule has 2 unspecified atom stereocenters. The molecule has 32 heavy (non-hydrogen) atoms. The van der Waals surface area contributed by atoms with Gasteiger partial charge in [-0.25, -0.2) is 0 Å². The van der Waals surface area contributed by atoms with Crippen molar-refractivity contribution in [2.75, 3.05) is 13.2 Å². The summed E-state index contributed by atoms with van der Waals surface area (Å²) in [6, 6.07) is 16.2. The zero-order valence-electron chi connectivity index (χ0n) is 19.0. The second-order valence-electron chi connectivity index (χ2n) is 7.89. The molecule has 2 aromatic carbocycles. The third kappa shape index (κ3) is 7.61. The minimum Gasteiger partial charge on any atom is -0.466 e. The molecule has 0 amide bonds. The molecule has 0 bridgehead atoms. The van der Waals surface area contributed by atoms with Crippen LogP contribution >= 0.6 is 0 Å². The van der Waals surface area contributed by atoms with Crippen LogP contribution in [0.3, 0.4) is 0 Å². The van der Waals surface area contributed by atoms with E-state index in [9.17, 15) is 19.5 Å². The van der Waals surface area contributed by atoms with Gasteiger partial charge in [-0.15, -0.1) is 0 Å². The van der Waals surface area contributed by atoms with Gasteiger partial charge in [0.25, 0.3) is 0 Å². The van der Waals surface area contributed by atoms with Gasteiger partial charge in [0.2, 0.25) is 0 Å². The van der Waals surface area contributed by atoms with Crippen molar-refractivity contribution in [3.8, 4) is 0 Å². The average Bonchev–Trinajstić information content (AvgIpc) is 2.81. The van der Waals surface area contributed by atoms with Crippen LogP contribution in [0.4, 0.5) is 0 Å². The van der Waals surface area contributed by atoms with Crippen LogP contribution < -0.4 is 0 Å². The van der Waals surface area contributed by atoms with Crippen LogP contribution in [0.2, 0.25) is 0 Å². The second-order valence-corrected chi connectivity index (χ2v) is 7.89. The molecule has 0 saturated heterocycles. The van der Waals surface area contributed by atoms with Gasteiger partial charge in [-0.1, -0.05) is 61.5 Å². The van der Waals surface area contributed by atoms with Crippen LogP contribution in [0.15, 0.2) is 54.6 Å².